The monoisotopic (exact) mass is 448 g/mol. The van der Waals surface area contributed by atoms with E-state index in [-0.39, 0.29) is 11.9 Å². The number of rotatable bonds is 18. The first kappa shape index (κ1) is 28.0. The van der Waals surface area contributed by atoms with Crippen LogP contribution < -0.4 is 0 Å². The normalized spacial score (nSPS) is 17.8. The molecule has 32 heavy (non-hydrogen) atoms. The van der Waals surface area contributed by atoms with Gasteiger partial charge in [-0.05, 0) is 25.7 Å². The van der Waals surface area contributed by atoms with E-state index < -0.39 is 12.6 Å². The Morgan fingerprint density at radius 1 is 0.625 bits per heavy atom. The lowest BCUT2D eigenvalue weighted by molar-refractivity contribution is -0.302. The molecule has 6 heteroatoms. The predicted octanol–water partition coefficient (Wildman–Crippen LogP) is 5.28. The first-order chi connectivity index (χ1) is 15.7. The molecule has 0 amide bonds. The zero-order valence-corrected chi connectivity index (χ0v) is 19.5. The van der Waals surface area contributed by atoms with Crippen LogP contribution in [-0.4, -0.2) is 37.7 Å². The second-order valence-corrected chi connectivity index (χ2v) is 8.11. The third kappa shape index (κ3) is 14.9. The van der Waals surface area contributed by atoms with Gasteiger partial charge in [-0.2, -0.15) is 0 Å². The van der Waals surface area contributed by atoms with Crippen molar-refractivity contribution in [3.8, 4) is 24.7 Å². The highest BCUT2D eigenvalue weighted by atomic mass is 16.8. The van der Waals surface area contributed by atoms with Gasteiger partial charge in [0.15, 0.2) is 0 Å². The molecule has 0 aromatic rings. The fourth-order valence-corrected chi connectivity index (χ4v) is 3.45. The zero-order chi connectivity index (χ0) is 23.3. The Kier molecular flexibility index (Phi) is 17.2. The van der Waals surface area contributed by atoms with Crippen LogP contribution in [0.3, 0.4) is 0 Å². The molecule has 0 N–H and O–H groups in total. The van der Waals surface area contributed by atoms with Crippen molar-refractivity contribution in [1.29, 1.82) is 0 Å². The molecule has 0 bridgehead atoms. The van der Waals surface area contributed by atoms with E-state index in [9.17, 15) is 9.59 Å². The molecule has 6 nitrogen and oxygen atoms in total. The van der Waals surface area contributed by atoms with Gasteiger partial charge in [-0.1, -0.05) is 51.4 Å². The first-order valence-corrected chi connectivity index (χ1v) is 12.2. The van der Waals surface area contributed by atoms with Gasteiger partial charge >= 0.3 is 11.9 Å². The number of unbranched alkanes of at least 4 members (excludes halogenated alkanes) is 12. The van der Waals surface area contributed by atoms with E-state index in [4.69, 9.17) is 31.8 Å². The average Bonchev–Trinajstić information content (AvgIpc) is 2.78. The van der Waals surface area contributed by atoms with Gasteiger partial charge in [0.05, 0.1) is 13.2 Å². The third-order valence-electron chi connectivity index (χ3n) is 5.27. The molecule has 1 rings (SSSR count). The third-order valence-corrected chi connectivity index (χ3v) is 5.27. The molecule has 2 atom stereocenters. The molecule has 180 valence electrons. The van der Waals surface area contributed by atoms with Crippen molar-refractivity contribution in [2.45, 2.75) is 115 Å². The second-order valence-electron chi connectivity index (χ2n) is 8.11. The quantitative estimate of drug-likeness (QED) is 0.161. The minimum Gasteiger partial charge on any atom is -0.429 e. The molecular weight excluding hydrogens is 408 g/mol. The van der Waals surface area contributed by atoms with Crippen molar-refractivity contribution in [3.63, 3.8) is 0 Å². The summed E-state index contributed by atoms with van der Waals surface area (Å²) in [5.41, 5.74) is 0. The Hall–Kier alpha value is -2.02. The van der Waals surface area contributed by atoms with Gasteiger partial charge < -0.3 is 18.9 Å². The molecule has 0 aliphatic carbocycles. The van der Waals surface area contributed by atoms with Crippen LogP contribution in [0.1, 0.15) is 103 Å². The summed E-state index contributed by atoms with van der Waals surface area (Å²) in [5.74, 6) is 4.56. The van der Waals surface area contributed by atoms with Crippen LogP contribution in [0.2, 0.25) is 0 Å². The summed E-state index contributed by atoms with van der Waals surface area (Å²) >= 11 is 0. The summed E-state index contributed by atoms with van der Waals surface area (Å²) in [6, 6.07) is 0. The Morgan fingerprint density at radius 3 is 1.34 bits per heavy atom. The molecule has 1 saturated heterocycles. The van der Waals surface area contributed by atoms with Crippen molar-refractivity contribution < 1.29 is 28.5 Å². The fourth-order valence-electron chi connectivity index (χ4n) is 3.45. The highest BCUT2D eigenvalue weighted by molar-refractivity contribution is 5.70. The molecule has 1 aliphatic heterocycles. The first-order valence-electron chi connectivity index (χ1n) is 12.2. The van der Waals surface area contributed by atoms with Crippen LogP contribution in [0.5, 0.6) is 0 Å². The minimum absolute atomic E-state index is 0.295. The highest BCUT2D eigenvalue weighted by Crippen LogP contribution is 2.17. The van der Waals surface area contributed by atoms with Crippen LogP contribution in [0.25, 0.3) is 0 Å². The van der Waals surface area contributed by atoms with E-state index in [0.29, 0.717) is 26.1 Å². The van der Waals surface area contributed by atoms with Crippen molar-refractivity contribution in [2.24, 2.45) is 0 Å². The van der Waals surface area contributed by atoms with Gasteiger partial charge in [-0.25, -0.2) is 0 Å². The lowest BCUT2D eigenvalue weighted by Gasteiger charge is -2.30. The van der Waals surface area contributed by atoms with Gasteiger partial charge in [0.1, 0.15) is 0 Å². The Balaban J connectivity index is 2.15. The smallest absolute Gasteiger partial charge is 0.308 e. The largest absolute Gasteiger partial charge is 0.429 e. The number of carbonyl (C=O) groups excluding carboxylic acids is 2. The lowest BCUT2D eigenvalue weighted by atomic mass is 10.1. The van der Waals surface area contributed by atoms with Gasteiger partial charge in [-0.15, -0.1) is 24.7 Å². The van der Waals surface area contributed by atoms with E-state index in [0.717, 1.165) is 89.9 Å². The lowest BCUT2D eigenvalue weighted by Crippen LogP contribution is -2.44. The number of hydrogen-bond donors (Lipinski definition) is 0. The van der Waals surface area contributed by atoms with Crippen molar-refractivity contribution in [2.75, 3.05) is 13.2 Å². The van der Waals surface area contributed by atoms with Gasteiger partial charge in [-0.3, -0.25) is 9.59 Å². The second kappa shape index (κ2) is 19.6. The van der Waals surface area contributed by atoms with Crippen LogP contribution >= 0.6 is 0 Å². The molecule has 1 heterocycles. The number of carbonyl (C=O) groups is 2. The summed E-state index contributed by atoms with van der Waals surface area (Å²) in [5, 5.41) is 0. The number of terminal acetylenes is 2. The number of hydrogen-bond acceptors (Lipinski definition) is 6. The van der Waals surface area contributed by atoms with Crippen LogP contribution in [0.15, 0.2) is 0 Å². The summed E-state index contributed by atoms with van der Waals surface area (Å²) in [4.78, 5) is 24.2. The summed E-state index contributed by atoms with van der Waals surface area (Å²) in [6.45, 7) is 0.590. The van der Waals surface area contributed by atoms with Gasteiger partial charge in [0, 0.05) is 25.7 Å². The Bertz CT molecular complexity index is 536. The maximum atomic E-state index is 12.1. The van der Waals surface area contributed by atoms with Gasteiger partial charge in [0.2, 0.25) is 0 Å². The van der Waals surface area contributed by atoms with E-state index in [2.05, 4.69) is 11.8 Å². The standard InChI is InChI=1S/C26H40O6/c1-3-5-7-9-11-13-15-17-19-23(27)31-25-26(30-22-21-29-25)32-24(28)20-18-16-14-12-10-8-6-4-2/h1-2,25-26H,5-22H2/t25-,26+. The maximum Gasteiger partial charge on any atom is 0.308 e. The molecular formula is C26H40O6. The maximum absolute atomic E-state index is 12.1. The topological polar surface area (TPSA) is 71.1 Å². The molecule has 1 fully saturated rings. The fraction of sp³-hybridized carbons (Fsp3) is 0.769. The average molecular weight is 449 g/mol. The van der Waals surface area contributed by atoms with E-state index in [1.807, 2.05) is 0 Å². The van der Waals surface area contributed by atoms with E-state index >= 15 is 0 Å². The van der Waals surface area contributed by atoms with Crippen molar-refractivity contribution in [1.82, 2.24) is 0 Å². The van der Waals surface area contributed by atoms with Crippen molar-refractivity contribution >= 4 is 11.9 Å². The summed E-state index contributed by atoms with van der Waals surface area (Å²) in [6.07, 6.45) is 23.0. The van der Waals surface area contributed by atoms with E-state index in [1.54, 1.807) is 0 Å². The predicted molar refractivity (Wildman–Crippen MR) is 123 cm³/mol. The Labute approximate surface area is 194 Å². The van der Waals surface area contributed by atoms with Crippen LogP contribution in [0, 0.1) is 24.7 Å². The summed E-state index contributed by atoms with van der Waals surface area (Å²) < 4.78 is 21.6. The SMILES string of the molecule is C#CCCCCCCCCC(=O)O[C@H]1OCCO[C@H]1OC(=O)CCCCCCCCC#C. The van der Waals surface area contributed by atoms with E-state index in [1.165, 1.54) is 0 Å². The molecule has 0 aromatic carbocycles. The minimum atomic E-state index is -1.000. The van der Waals surface area contributed by atoms with Crippen LogP contribution in [0.4, 0.5) is 0 Å². The van der Waals surface area contributed by atoms with Crippen LogP contribution in [-0.2, 0) is 28.5 Å². The number of esters is 2. The molecule has 0 unspecified atom stereocenters. The zero-order valence-electron chi connectivity index (χ0n) is 19.5. The number of ether oxygens (including phenoxy) is 4. The molecule has 1 aliphatic rings. The Morgan fingerprint density at radius 2 is 0.969 bits per heavy atom. The molecule has 0 saturated carbocycles. The molecule has 0 radical (unpaired) electrons. The van der Waals surface area contributed by atoms with Crippen molar-refractivity contribution in [3.05, 3.63) is 0 Å². The molecule has 0 aromatic heterocycles. The van der Waals surface area contributed by atoms with Gasteiger partial charge in [0.25, 0.3) is 12.6 Å². The summed E-state index contributed by atoms with van der Waals surface area (Å²) in [7, 11) is 0. The molecule has 0 spiro atoms. The highest BCUT2D eigenvalue weighted by Gasteiger charge is 2.33.